The van der Waals surface area contributed by atoms with Crippen LogP contribution in [-0.2, 0) is 33.0 Å². The molecule has 31 heavy (non-hydrogen) atoms. The highest BCUT2D eigenvalue weighted by molar-refractivity contribution is 7.92. The molecular formula is C21H18Cl2N2O4S2. The number of anilines is 1. The minimum atomic E-state index is -3.98. The van der Waals surface area contributed by atoms with Gasteiger partial charge in [-0.1, -0.05) is 47.5 Å². The van der Waals surface area contributed by atoms with Crippen LogP contribution in [0.5, 0.6) is 0 Å². The van der Waals surface area contributed by atoms with Crippen molar-refractivity contribution in [2.24, 2.45) is 0 Å². The van der Waals surface area contributed by atoms with Crippen molar-refractivity contribution in [3.05, 3.63) is 87.9 Å². The average Bonchev–Trinajstić information content (AvgIpc) is 2.75. The normalized spacial score (nSPS) is 14.8. The van der Waals surface area contributed by atoms with Gasteiger partial charge in [0.2, 0.25) is 10.0 Å². The number of hydrogen-bond donors (Lipinski definition) is 1. The molecule has 0 aromatic heterocycles. The molecule has 1 N–H and O–H groups in total. The molecule has 0 atom stereocenters. The van der Waals surface area contributed by atoms with Gasteiger partial charge in [0.1, 0.15) is 4.90 Å². The summed E-state index contributed by atoms with van der Waals surface area (Å²) in [4.78, 5) is 0.0959. The summed E-state index contributed by atoms with van der Waals surface area (Å²) >= 11 is 12.0. The molecule has 6 nitrogen and oxygen atoms in total. The molecule has 0 saturated heterocycles. The van der Waals surface area contributed by atoms with Gasteiger partial charge in [0.15, 0.2) is 0 Å². The van der Waals surface area contributed by atoms with E-state index in [4.69, 9.17) is 23.2 Å². The summed E-state index contributed by atoms with van der Waals surface area (Å²) in [5.74, 6) is 0. The summed E-state index contributed by atoms with van der Waals surface area (Å²) in [6.45, 7) is 0.507. The molecule has 0 bridgehead atoms. The maximum atomic E-state index is 13.0. The largest absolute Gasteiger partial charge is 0.280 e. The molecular weight excluding hydrogens is 479 g/mol. The van der Waals surface area contributed by atoms with Crippen LogP contribution in [0.2, 0.25) is 10.0 Å². The molecule has 0 fully saturated rings. The molecule has 0 aliphatic carbocycles. The number of rotatable bonds is 5. The highest BCUT2D eigenvalue weighted by Crippen LogP contribution is 2.30. The fraction of sp³-hybridized carbons (Fsp3) is 0.143. The Labute approximate surface area is 191 Å². The van der Waals surface area contributed by atoms with Gasteiger partial charge in [-0.15, -0.1) is 0 Å². The summed E-state index contributed by atoms with van der Waals surface area (Å²) in [7, 11) is -7.62. The molecule has 162 valence electrons. The molecule has 10 heteroatoms. The first-order valence-electron chi connectivity index (χ1n) is 9.32. The molecule has 1 heterocycles. The lowest BCUT2D eigenvalue weighted by Crippen LogP contribution is -2.36. The number of halogens is 2. The predicted octanol–water partition coefficient (Wildman–Crippen LogP) is 4.54. The Morgan fingerprint density at radius 2 is 1.58 bits per heavy atom. The second kappa shape index (κ2) is 8.44. The van der Waals surface area contributed by atoms with Crippen molar-refractivity contribution in [2.75, 3.05) is 11.3 Å². The zero-order valence-electron chi connectivity index (χ0n) is 16.1. The van der Waals surface area contributed by atoms with Crippen molar-refractivity contribution in [1.29, 1.82) is 0 Å². The summed E-state index contributed by atoms with van der Waals surface area (Å²) in [5.41, 5.74) is 2.03. The first-order valence-corrected chi connectivity index (χ1v) is 13.0. The van der Waals surface area contributed by atoms with E-state index in [0.717, 1.165) is 11.1 Å². The Morgan fingerprint density at radius 3 is 2.32 bits per heavy atom. The minimum Gasteiger partial charge on any atom is -0.280 e. The minimum absolute atomic E-state index is 0.0509. The van der Waals surface area contributed by atoms with Crippen molar-refractivity contribution in [2.45, 2.75) is 22.8 Å². The lowest BCUT2D eigenvalue weighted by Gasteiger charge is -2.28. The molecule has 4 rings (SSSR count). The van der Waals surface area contributed by atoms with E-state index < -0.39 is 20.0 Å². The Hall–Kier alpha value is -2.10. The van der Waals surface area contributed by atoms with Crippen LogP contribution in [0.15, 0.2) is 76.5 Å². The summed E-state index contributed by atoms with van der Waals surface area (Å²) in [6, 6.07) is 17.5. The van der Waals surface area contributed by atoms with E-state index in [2.05, 4.69) is 4.72 Å². The molecule has 3 aromatic carbocycles. The lowest BCUT2D eigenvalue weighted by atomic mass is 10.0. The van der Waals surface area contributed by atoms with E-state index in [-0.39, 0.29) is 26.4 Å². The van der Waals surface area contributed by atoms with E-state index in [0.29, 0.717) is 18.7 Å². The van der Waals surface area contributed by atoms with E-state index in [9.17, 15) is 16.8 Å². The maximum Gasteiger partial charge on any atom is 0.263 e. The van der Waals surface area contributed by atoms with Crippen LogP contribution in [0.4, 0.5) is 5.69 Å². The highest BCUT2D eigenvalue weighted by Gasteiger charge is 2.28. The van der Waals surface area contributed by atoms with Crippen LogP contribution in [0.3, 0.4) is 0 Å². The van der Waals surface area contributed by atoms with Gasteiger partial charge in [0, 0.05) is 23.8 Å². The van der Waals surface area contributed by atoms with Gasteiger partial charge >= 0.3 is 0 Å². The van der Waals surface area contributed by atoms with Gasteiger partial charge in [-0.2, -0.15) is 4.31 Å². The van der Waals surface area contributed by atoms with Crippen molar-refractivity contribution >= 4 is 48.9 Å². The Kier molecular flexibility index (Phi) is 6.02. The second-order valence-electron chi connectivity index (χ2n) is 7.07. The maximum absolute atomic E-state index is 13.0. The number of benzene rings is 3. The first-order chi connectivity index (χ1) is 14.7. The summed E-state index contributed by atoms with van der Waals surface area (Å²) < 4.78 is 55.4. The Bertz CT molecular complexity index is 1350. The van der Waals surface area contributed by atoms with Crippen molar-refractivity contribution in [3.8, 4) is 0 Å². The summed E-state index contributed by atoms with van der Waals surface area (Å²) in [6.07, 6.45) is 0.536. The molecule has 3 aromatic rings. The predicted molar refractivity (Wildman–Crippen MR) is 121 cm³/mol. The third-order valence-electron chi connectivity index (χ3n) is 5.00. The van der Waals surface area contributed by atoms with Crippen LogP contribution < -0.4 is 4.72 Å². The molecule has 0 saturated carbocycles. The Morgan fingerprint density at radius 1 is 0.839 bits per heavy atom. The van der Waals surface area contributed by atoms with E-state index in [1.807, 2.05) is 0 Å². The second-order valence-corrected chi connectivity index (χ2v) is 11.5. The molecule has 0 unspecified atom stereocenters. The van der Waals surface area contributed by atoms with Gasteiger partial charge < -0.3 is 0 Å². The van der Waals surface area contributed by atoms with Gasteiger partial charge in [0.25, 0.3) is 10.0 Å². The zero-order valence-corrected chi connectivity index (χ0v) is 19.3. The van der Waals surface area contributed by atoms with Crippen LogP contribution in [0.1, 0.15) is 11.1 Å². The molecule has 0 spiro atoms. The fourth-order valence-corrected chi connectivity index (χ4v) is 6.69. The quantitative estimate of drug-likeness (QED) is 0.561. The average molecular weight is 497 g/mol. The van der Waals surface area contributed by atoms with Crippen molar-refractivity contribution < 1.29 is 16.8 Å². The van der Waals surface area contributed by atoms with E-state index in [1.165, 1.54) is 22.5 Å². The van der Waals surface area contributed by atoms with Crippen molar-refractivity contribution in [1.82, 2.24) is 4.31 Å². The molecule has 0 amide bonds. The monoisotopic (exact) mass is 496 g/mol. The third-order valence-corrected chi connectivity index (χ3v) is 8.96. The summed E-state index contributed by atoms with van der Waals surface area (Å²) in [5, 5.41) is 0.298. The first kappa shape index (κ1) is 22.1. The smallest absolute Gasteiger partial charge is 0.263 e. The molecule has 1 aliphatic rings. The van der Waals surface area contributed by atoms with Crippen LogP contribution >= 0.6 is 23.2 Å². The van der Waals surface area contributed by atoms with E-state index in [1.54, 1.807) is 48.5 Å². The highest BCUT2D eigenvalue weighted by atomic mass is 35.5. The van der Waals surface area contributed by atoms with Gasteiger partial charge in [0.05, 0.1) is 9.92 Å². The van der Waals surface area contributed by atoms with Gasteiger partial charge in [-0.05, 0) is 60.0 Å². The van der Waals surface area contributed by atoms with Gasteiger partial charge in [-0.3, -0.25) is 4.72 Å². The number of fused-ring (bicyclic) bond motifs is 1. The zero-order chi connectivity index (χ0) is 22.2. The standard InChI is InChI=1S/C21H18Cl2N2O4S2/c22-17-7-9-20(23)21(13-17)30(26,27)24-18-8-6-15-10-11-25(14-16(15)12-18)31(28,29)19-4-2-1-3-5-19/h1-9,12-13,24H,10-11,14H2. The van der Waals surface area contributed by atoms with E-state index >= 15 is 0 Å². The van der Waals surface area contributed by atoms with Crippen LogP contribution in [0, 0.1) is 0 Å². The van der Waals surface area contributed by atoms with Crippen LogP contribution in [-0.4, -0.2) is 27.7 Å². The van der Waals surface area contributed by atoms with Crippen LogP contribution in [0.25, 0.3) is 0 Å². The lowest BCUT2D eigenvalue weighted by molar-refractivity contribution is 0.391. The topological polar surface area (TPSA) is 83.6 Å². The fourth-order valence-electron chi connectivity index (χ4n) is 3.43. The number of nitrogens with zero attached hydrogens (tertiary/aromatic N) is 1. The number of nitrogens with one attached hydrogen (secondary N) is 1. The third kappa shape index (κ3) is 4.58. The number of hydrogen-bond acceptors (Lipinski definition) is 4. The molecule has 1 aliphatic heterocycles. The van der Waals surface area contributed by atoms with Gasteiger partial charge in [-0.25, -0.2) is 16.8 Å². The Balaban J connectivity index is 1.61. The molecule has 0 radical (unpaired) electrons. The van der Waals surface area contributed by atoms with Crippen molar-refractivity contribution in [3.63, 3.8) is 0 Å². The number of sulfonamides is 2. The SMILES string of the molecule is O=S(=O)(Nc1ccc2c(c1)CN(S(=O)(=O)c1ccccc1)CC2)c1cc(Cl)ccc1Cl.